The van der Waals surface area contributed by atoms with Crippen LogP contribution in [0.15, 0.2) is 23.2 Å². The monoisotopic (exact) mass is 279 g/mol. The Morgan fingerprint density at radius 3 is 2.40 bits per heavy atom. The van der Waals surface area contributed by atoms with Gasteiger partial charge < -0.3 is 20.1 Å². The zero-order valence-corrected chi connectivity index (χ0v) is 13.0. The molecule has 1 aromatic rings. The van der Waals surface area contributed by atoms with E-state index >= 15 is 0 Å². The van der Waals surface area contributed by atoms with Crippen LogP contribution in [-0.2, 0) is 0 Å². The van der Waals surface area contributed by atoms with E-state index < -0.39 is 0 Å². The third kappa shape index (κ3) is 4.33. The highest BCUT2D eigenvalue weighted by atomic mass is 16.5. The molecule has 0 saturated carbocycles. The molecule has 0 heterocycles. The van der Waals surface area contributed by atoms with Gasteiger partial charge in [-0.1, -0.05) is 6.07 Å². The van der Waals surface area contributed by atoms with Crippen LogP contribution in [0.1, 0.15) is 32.4 Å². The smallest absolute Gasteiger partial charge is 0.191 e. The van der Waals surface area contributed by atoms with E-state index in [1.165, 1.54) is 0 Å². The van der Waals surface area contributed by atoms with Crippen LogP contribution in [-0.4, -0.2) is 33.3 Å². The van der Waals surface area contributed by atoms with Gasteiger partial charge in [-0.05, 0) is 38.5 Å². The van der Waals surface area contributed by atoms with Gasteiger partial charge in [0.05, 0.1) is 19.3 Å². The number of ether oxygens (including phenoxy) is 2. The summed E-state index contributed by atoms with van der Waals surface area (Å²) in [5.74, 6) is 2.31. The second kappa shape index (κ2) is 8.30. The molecule has 1 atom stereocenters. The van der Waals surface area contributed by atoms with E-state index in [1.807, 2.05) is 39.1 Å². The molecule has 0 aromatic heterocycles. The molecule has 2 N–H and O–H groups in total. The van der Waals surface area contributed by atoms with Crippen molar-refractivity contribution in [3.8, 4) is 11.5 Å². The van der Waals surface area contributed by atoms with Crippen molar-refractivity contribution in [1.82, 2.24) is 10.6 Å². The van der Waals surface area contributed by atoms with Crippen molar-refractivity contribution >= 4 is 5.96 Å². The molecular weight excluding hydrogens is 254 g/mol. The SMILES string of the molecule is CCOc1ccc(C(C)NC(=NC)NC)cc1OCC. The fourth-order valence-electron chi connectivity index (χ4n) is 1.87. The molecule has 112 valence electrons. The van der Waals surface area contributed by atoms with Crippen molar-refractivity contribution < 1.29 is 9.47 Å². The molecule has 5 heteroatoms. The first-order valence-electron chi connectivity index (χ1n) is 6.96. The lowest BCUT2D eigenvalue weighted by Gasteiger charge is -2.19. The Kier molecular flexibility index (Phi) is 6.70. The van der Waals surface area contributed by atoms with Crippen molar-refractivity contribution in [2.75, 3.05) is 27.3 Å². The second-order valence-corrected chi connectivity index (χ2v) is 4.26. The fraction of sp³-hybridized carbons (Fsp3) is 0.533. The van der Waals surface area contributed by atoms with Crippen LogP contribution in [0, 0.1) is 0 Å². The van der Waals surface area contributed by atoms with Crippen LogP contribution in [0.5, 0.6) is 11.5 Å². The first-order chi connectivity index (χ1) is 9.65. The lowest BCUT2D eigenvalue weighted by atomic mass is 10.1. The average Bonchev–Trinajstić information content (AvgIpc) is 2.46. The molecule has 1 aromatic carbocycles. The Morgan fingerprint density at radius 1 is 1.20 bits per heavy atom. The summed E-state index contributed by atoms with van der Waals surface area (Å²) in [4.78, 5) is 4.12. The maximum atomic E-state index is 5.64. The predicted molar refractivity (Wildman–Crippen MR) is 82.7 cm³/mol. The van der Waals surface area contributed by atoms with Gasteiger partial charge in [0.15, 0.2) is 17.5 Å². The summed E-state index contributed by atoms with van der Waals surface area (Å²) in [7, 11) is 3.58. The summed E-state index contributed by atoms with van der Waals surface area (Å²) in [5, 5.41) is 6.30. The molecule has 0 aliphatic rings. The van der Waals surface area contributed by atoms with E-state index in [-0.39, 0.29) is 6.04 Å². The quantitative estimate of drug-likeness (QED) is 0.620. The zero-order chi connectivity index (χ0) is 15.0. The van der Waals surface area contributed by atoms with E-state index in [1.54, 1.807) is 7.05 Å². The molecule has 0 amide bonds. The molecule has 20 heavy (non-hydrogen) atoms. The molecular formula is C15H25N3O2. The highest BCUT2D eigenvalue weighted by molar-refractivity contribution is 5.79. The van der Waals surface area contributed by atoms with Crippen LogP contribution in [0.25, 0.3) is 0 Å². The summed E-state index contributed by atoms with van der Waals surface area (Å²) >= 11 is 0. The van der Waals surface area contributed by atoms with Gasteiger partial charge in [-0.25, -0.2) is 0 Å². The molecule has 0 aliphatic heterocycles. The molecule has 1 rings (SSSR count). The summed E-state index contributed by atoms with van der Waals surface area (Å²) in [6.45, 7) is 7.24. The van der Waals surface area contributed by atoms with E-state index in [2.05, 4.69) is 22.5 Å². The summed E-state index contributed by atoms with van der Waals surface area (Å²) in [6.07, 6.45) is 0. The predicted octanol–water partition coefficient (Wildman–Crippen LogP) is 2.34. The number of nitrogens with one attached hydrogen (secondary N) is 2. The fourth-order valence-corrected chi connectivity index (χ4v) is 1.87. The molecule has 0 fully saturated rings. The Hall–Kier alpha value is -1.91. The van der Waals surface area contributed by atoms with Gasteiger partial charge in [0.25, 0.3) is 0 Å². The largest absolute Gasteiger partial charge is 0.490 e. The van der Waals surface area contributed by atoms with Crippen molar-refractivity contribution in [3.63, 3.8) is 0 Å². The molecule has 0 radical (unpaired) electrons. The highest BCUT2D eigenvalue weighted by Crippen LogP contribution is 2.30. The van der Waals surface area contributed by atoms with E-state index in [0.717, 1.165) is 23.0 Å². The molecule has 0 spiro atoms. The van der Waals surface area contributed by atoms with Crippen LogP contribution >= 0.6 is 0 Å². The Balaban J connectivity index is 2.92. The van der Waals surface area contributed by atoms with Gasteiger partial charge in [-0.3, -0.25) is 4.99 Å². The number of guanidine groups is 1. The maximum absolute atomic E-state index is 5.64. The number of benzene rings is 1. The Morgan fingerprint density at radius 2 is 1.85 bits per heavy atom. The van der Waals surface area contributed by atoms with Gasteiger partial charge >= 0.3 is 0 Å². The van der Waals surface area contributed by atoms with Crippen LogP contribution < -0.4 is 20.1 Å². The lowest BCUT2D eigenvalue weighted by molar-refractivity contribution is 0.287. The maximum Gasteiger partial charge on any atom is 0.191 e. The minimum atomic E-state index is 0.121. The normalized spacial score (nSPS) is 12.8. The molecule has 0 saturated heterocycles. The molecule has 0 bridgehead atoms. The zero-order valence-electron chi connectivity index (χ0n) is 13.0. The Labute approximate surface area is 121 Å². The molecule has 5 nitrogen and oxygen atoms in total. The Bertz CT molecular complexity index is 447. The minimum Gasteiger partial charge on any atom is -0.490 e. The number of aliphatic imine (C=N–C) groups is 1. The van der Waals surface area contributed by atoms with E-state index in [4.69, 9.17) is 9.47 Å². The third-order valence-electron chi connectivity index (χ3n) is 2.88. The number of nitrogens with zero attached hydrogens (tertiary/aromatic N) is 1. The van der Waals surface area contributed by atoms with Gasteiger partial charge in [-0.2, -0.15) is 0 Å². The van der Waals surface area contributed by atoms with Crippen LogP contribution in [0.4, 0.5) is 0 Å². The minimum absolute atomic E-state index is 0.121. The first-order valence-corrected chi connectivity index (χ1v) is 6.96. The first kappa shape index (κ1) is 16.1. The highest BCUT2D eigenvalue weighted by Gasteiger charge is 2.11. The van der Waals surface area contributed by atoms with Crippen LogP contribution in [0.3, 0.4) is 0 Å². The molecule has 1 unspecified atom stereocenters. The topological polar surface area (TPSA) is 54.9 Å². The van der Waals surface area contributed by atoms with Crippen molar-refractivity contribution in [2.24, 2.45) is 4.99 Å². The van der Waals surface area contributed by atoms with Gasteiger partial charge in [-0.15, -0.1) is 0 Å². The van der Waals surface area contributed by atoms with E-state index in [0.29, 0.717) is 13.2 Å². The van der Waals surface area contributed by atoms with Gasteiger partial charge in [0.2, 0.25) is 0 Å². The van der Waals surface area contributed by atoms with Crippen LogP contribution in [0.2, 0.25) is 0 Å². The summed E-state index contributed by atoms with van der Waals surface area (Å²) < 4.78 is 11.2. The summed E-state index contributed by atoms with van der Waals surface area (Å²) in [6, 6.07) is 6.11. The average molecular weight is 279 g/mol. The number of hydrogen-bond donors (Lipinski definition) is 2. The van der Waals surface area contributed by atoms with Gasteiger partial charge in [0, 0.05) is 14.1 Å². The lowest BCUT2D eigenvalue weighted by Crippen LogP contribution is -2.36. The summed E-state index contributed by atoms with van der Waals surface area (Å²) in [5.41, 5.74) is 1.12. The molecule has 0 aliphatic carbocycles. The number of hydrogen-bond acceptors (Lipinski definition) is 3. The standard InChI is InChI=1S/C15H25N3O2/c1-6-19-13-9-8-12(10-14(13)20-7-2)11(3)18-15(16-4)17-5/h8-11H,6-7H2,1-5H3,(H2,16,17,18). The van der Waals surface area contributed by atoms with Crippen molar-refractivity contribution in [3.05, 3.63) is 23.8 Å². The van der Waals surface area contributed by atoms with E-state index in [9.17, 15) is 0 Å². The second-order valence-electron chi connectivity index (χ2n) is 4.26. The van der Waals surface area contributed by atoms with Gasteiger partial charge in [0.1, 0.15) is 0 Å². The number of rotatable bonds is 6. The van der Waals surface area contributed by atoms with Crippen molar-refractivity contribution in [1.29, 1.82) is 0 Å². The van der Waals surface area contributed by atoms with Crippen molar-refractivity contribution in [2.45, 2.75) is 26.8 Å². The third-order valence-corrected chi connectivity index (χ3v) is 2.88.